The van der Waals surface area contributed by atoms with E-state index in [0.717, 1.165) is 62.7 Å². The Labute approximate surface area is 166 Å². The van der Waals surface area contributed by atoms with Crippen LogP contribution < -0.4 is 10.1 Å². The molecular weight excluding hydrogens is 354 g/mol. The van der Waals surface area contributed by atoms with Crippen molar-refractivity contribution in [2.24, 2.45) is 0 Å². The van der Waals surface area contributed by atoms with Gasteiger partial charge in [0.1, 0.15) is 12.4 Å². The zero-order valence-electron chi connectivity index (χ0n) is 16.3. The molecule has 150 valence electrons. The van der Waals surface area contributed by atoms with Crippen LogP contribution in [0.5, 0.6) is 5.75 Å². The SMILES string of the molecule is O=C(CCCc1ccccn1)NCc1cccc(OCCN2CCOCC2)c1. The molecule has 1 aliphatic heterocycles. The first-order valence-corrected chi connectivity index (χ1v) is 9.98. The number of aromatic nitrogens is 1. The zero-order valence-corrected chi connectivity index (χ0v) is 16.3. The summed E-state index contributed by atoms with van der Waals surface area (Å²) >= 11 is 0. The second kappa shape index (κ2) is 11.4. The molecule has 1 saturated heterocycles. The predicted octanol–water partition coefficient (Wildman–Crippen LogP) is 2.43. The number of hydrogen-bond acceptors (Lipinski definition) is 5. The third-order valence-electron chi connectivity index (χ3n) is 4.73. The fourth-order valence-electron chi connectivity index (χ4n) is 3.13. The quantitative estimate of drug-likeness (QED) is 0.683. The van der Waals surface area contributed by atoms with Gasteiger partial charge in [-0.1, -0.05) is 18.2 Å². The maximum atomic E-state index is 12.1. The Morgan fingerprint density at radius 1 is 1.18 bits per heavy atom. The zero-order chi connectivity index (χ0) is 19.4. The fraction of sp³-hybridized carbons (Fsp3) is 0.455. The first-order chi connectivity index (χ1) is 13.8. The van der Waals surface area contributed by atoms with Crippen molar-refractivity contribution in [1.29, 1.82) is 0 Å². The van der Waals surface area contributed by atoms with Crippen LogP contribution in [0.4, 0.5) is 0 Å². The summed E-state index contributed by atoms with van der Waals surface area (Å²) in [5.74, 6) is 0.907. The van der Waals surface area contributed by atoms with E-state index >= 15 is 0 Å². The minimum atomic E-state index is 0.0644. The normalized spacial score (nSPS) is 14.6. The predicted molar refractivity (Wildman–Crippen MR) is 108 cm³/mol. The van der Waals surface area contributed by atoms with Crippen LogP contribution in [0, 0.1) is 0 Å². The molecule has 0 bridgehead atoms. The van der Waals surface area contributed by atoms with E-state index in [4.69, 9.17) is 9.47 Å². The molecule has 28 heavy (non-hydrogen) atoms. The van der Waals surface area contributed by atoms with Gasteiger partial charge in [0.15, 0.2) is 0 Å². The van der Waals surface area contributed by atoms with Crippen LogP contribution in [0.2, 0.25) is 0 Å². The Morgan fingerprint density at radius 2 is 2.07 bits per heavy atom. The average Bonchev–Trinajstić information content (AvgIpc) is 2.74. The highest BCUT2D eigenvalue weighted by atomic mass is 16.5. The largest absolute Gasteiger partial charge is 0.492 e. The van der Waals surface area contributed by atoms with Crippen LogP contribution in [0.25, 0.3) is 0 Å². The number of rotatable bonds is 10. The molecule has 3 rings (SSSR count). The van der Waals surface area contributed by atoms with E-state index in [2.05, 4.69) is 15.2 Å². The van der Waals surface area contributed by atoms with Gasteiger partial charge in [-0.05, 0) is 42.7 Å². The van der Waals surface area contributed by atoms with Crippen LogP contribution >= 0.6 is 0 Å². The standard InChI is InChI=1S/C22H29N3O3/c26-22(9-4-7-20-6-1-2-10-23-20)24-18-19-5-3-8-21(17-19)28-16-13-25-11-14-27-15-12-25/h1-3,5-6,8,10,17H,4,7,9,11-16,18H2,(H,24,26). The van der Waals surface area contributed by atoms with Crippen molar-refractivity contribution in [3.05, 3.63) is 59.9 Å². The molecule has 0 radical (unpaired) electrons. The number of aryl methyl sites for hydroxylation is 1. The Kier molecular flexibility index (Phi) is 8.27. The highest BCUT2D eigenvalue weighted by Crippen LogP contribution is 2.13. The molecule has 1 aromatic heterocycles. The third kappa shape index (κ3) is 7.29. The minimum absolute atomic E-state index is 0.0644. The molecule has 0 atom stereocenters. The van der Waals surface area contributed by atoms with Gasteiger partial charge in [-0.15, -0.1) is 0 Å². The van der Waals surface area contributed by atoms with Crippen molar-refractivity contribution >= 4 is 5.91 Å². The van der Waals surface area contributed by atoms with E-state index in [9.17, 15) is 4.79 Å². The molecule has 0 saturated carbocycles. The number of amides is 1. The van der Waals surface area contributed by atoms with E-state index in [1.165, 1.54) is 0 Å². The molecule has 6 heteroatoms. The lowest BCUT2D eigenvalue weighted by Crippen LogP contribution is -2.38. The molecule has 1 N–H and O–H groups in total. The van der Waals surface area contributed by atoms with Gasteiger partial charge >= 0.3 is 0 Å². The summed E-state index contributed by atoms with van der Waals surface area (Å²) in [6.45, 7) is 5.62. The minimum Gasteiger partial charge on any atom is -0.492 e. The van der Waals surface area contributed by atoms with Crippen molar-refractivity contribution < 1.29 is 14.3 Å². The van der Waals surface area contributed by atoms with Crippen molar-refractivity contribution in [1.82, 2.24) is 15.2 Å². The number of carbonyl (C=O) groups is 1. The van der Waals surface area contributed by atoms with Crippen LogP contribution in [-0.4, -0.2) is 55.2 Å². The molecule has 2 aromatic rings. The molecule has 2 heterocycles. The Morgan fingerprint density at radius 3 is 2.89 bits per heavy atom. The van der Waals surface area contributed by atoms with Crippen molar-refractivity contribution in [2.75, 3.05) is 39.5 Å². The maximum Gasteiger partial charge on any atom is 0.220 e. The lowest BCUT2D eigenvalue weighted by molar-refractivity contribution is -0.121. The maximum absolute atomic E-state index is 12.1. The molecule has 1 fully saturated rings. The summed E-state index contributed by atoms with van der Waals surface area (Å²) < 4.78 is 11.2. The number of pyridine rings is 1. The second-order valence-corrected chi connectivity index (χ2v) is 6.90. The summed E-state index contributed by atoms with van der Waals surface area (Å²) in [5, 5.41) is 2.98. The van der Waals surface area contributed by atoms with Crippen molar-refractivity contribution in [3.8, 4) is 5.75 Å². The Hall–Kier alpha value is -2.44. The van der Waals surface area contributed by atoms with Gasteiger partial charge in [0, 0.05) is 44.5 Å². The number of hydrogen-bond donors (Lipinski definition) is 1. The average molecular weight is 383 g/mol. The topological polar surface area (TPSA) is 63.7 Å². The lowest BCUT2D eigenvalue weighted by Gasteiger charge is -2.26. The van der Waals surface area contributed by atoms with E-state index in [1.807, 2.05) is 42.5 Å². The van der Waals surface area contributed by atoms with Gasteiger partial charge in [-0.25, -0.2) is 0 Å². The highest BCUT2D eigenvalue weighted by Gasteiger charge is 2.10. The third-order valence-corrected chi connectivity index (χ3v) is 4.73. The molecule has 6 nitrogen and oxygen atoms in total. The number of benzene rings is 1. The number of ether oxygens (including phenoxy) is 2. The number of nitrogens with one attached hydrogen (secondary N) is 1. The number of carbonyl (C=O) groups excluding carboxylic acids is 1. The molecular formula is C22H29N3O3. The smallest absolute Gasteiger partial charge is 0.220 e. The summed E-state index contributed by atoms with van der Waals surface area (Å²) in [6, 6.07) is 13.8. The molecule has 1 amide bonds. The van der Waals surface area contributed by atoms with Crippen molar-refractivity contribution in [3.63, 3.8) is 0 Å². The van der Waals surface area contributed by atoms with Gasteiger partial charge in [0.2, 0.25) is 5.91 Å². The molecule has 0 aliphatic carbocycles. The number of nitrogens with zero attached hydrogens (tertiary/aromatic N) is 2. The monoisotopic (exact) mass is 383 g/mol. The van der Waals surface area contributed by atoms with Crippen LogP contribution in [0.1, 0.15) is 24.1 Å². The lowest BCUT2D eigenvalue weighted by atomic mass is 10.1. The highest BCUT2D eigenvalue weighted by molar-refractivity contribution is 5.75. The molecule has 0 unspecified atom stereocenters. The summed E-state index contributed by atoms with van der Waals surface area (Å²) in [5.41, 5.74) is 2.07. The van der Waals surface area contributed by atoms with E-state index in [0.29, 0.717) is 19.6 Å². The van der Waals surface area contributed by atoms with Crippen molar-refractivity contribution in [2.45, 2.75) is 25.8 Å². The van der Waals surface area contributed by atoms with E-state index in [1.54, 1.807) is 6.20 Å². The van der Waals surface area contributed by atoms with Gasteiger partial charge in [0.05, 0.1) is 13.2 Å². The Balaban J connectivity index is 1.33. The van der Waals surface area contributed by atoms with Gasteiger partial charge in [-0.2, -0.15) is 0 Å². The van der Waals surface area contributed by atoms with E-state index < -0.39 is 0 Å². The first-order valence-electron chi connectivity index (χ1n) is 9.98. The van der Waals surface area contributed by atoms with Gasteiger partial charge in [0.25, 0.3) is 0 Å². The van der Waals surface area contributed by atoms with E-state index in [-0.39, 0.29) is 5.91 Å². The summed E-state index contributed by atoms with van der Waals surface area (Å²) in [6.07, 6.45) is 3.91. The summed E-state index contributed by atoms with van der Waals surface area (Å²) in [4.78, 5) is 18.7. The molecule has 0 spiro atoms. The summed E-state index contributed by atoms with van der Waals surface area (Å²) in [7, 11) is 0. The van der Waals surface area contributed by atoms with Crippen LogP contribution in [-0.2, 0) is 22.5 Å². The molecule has 1 aromatic carbocycles. The van der Waals surface area contributed by atoms with Crippen LogP contribution in [0.15, 0.2) is 48.7 Å². The Bertz CT molecular complexity index is 718. The number of morpholine rings is 1. The van der Waals surface area contributed by atoms with Gasteiger partial charge < -0.3 is 14.8 Å². The second-order valence-electron chi connectivity index (χ2n) is 6.90. The van der Waals surface area contributed by atoms with Crippen LogP contribution in [0.3, 0.4) is 0 Å². The fourth-order valence-corrected chi connectivity index (χ4v) is 3.13. The first kappa shape index (κ1) is 20.3. The molecule has 1 aliphatic rings. The van der Waals surface area contributed by atoms with Gasteiger partial charge in [-0.3, -0.25) is 14.7 Å².